The van der Waals surface area contributed by atoms with Crippen LogP contribution in [0.4, 0.5) is 0 Å². The Hall–Kier alpha value is -2.04. The van der Waals surface area contributed by atoms with Crippen molar-refractivity contribution in [2.45, 2.75) is 19.5 Å². The summed E-state index contributed by atoms with van der Waals surface area (Å²) in [4.78, 5) is 11.6. The zero-order chi connectivity index (χ0) is 11.4. The van der Waals surface area contributed by atoms with Gasteiger partial charge in [-0.05, 0) is 25.1 Å². The van der Waals surface area contributed by atoms with Crippen LogP contribution in [0.3, 0.4) is 0 Å². The van der Waals surface area contributed by atoms with E-state index in [4.69, 9.17) is 4.42 Å². The molecule has 16 heavy (non-hydrogen) atoms. The lowest BCUT2D eigenvalue weighted by molar-refractivity contribution is 0.0908. The highest BCUT2D eigenvalue weighted by molar-refractivity contribution is 5.91. The molecular formula is C11H13N3O2. The second kappa shape index (κ2) is 4.65. The lowest BCUT2D eigenvalue weighted by atomic mass is 10.3. The number of hydrogen-bond acceptors (Lipinski definition) is 3. The van der Waals surface area contributed by atoms with E-state index in [9.17, 15) is 4.79 Å². The number of rotatable bonds is 4. The Morgan fingerprint density at radius 2 is 2.50 bits per heavy atom. The van der Waals surface area contributed by atoms with Crippen molar-refractivity contribution >= 4 is 5.91 Å². The van der Waals surface area contributed by atoms with Crippen molar-refractivity contribution in [2.75, 3.05) is 0 Å². The van der Waals surface area contributed by atoms with Crippen LogP contribution in [-0.4, -0.2) is 21.7 Å². The Morgan fingerprint density at radius 1 is 1.62 bits per heavy atom. The summed E-state index contributed by atoms with van der Waals surface area (Å²) in [5.41, 5.74) is 0. The molecule has 1 atom stereocenters. The average Bonchev–Trinajstić information content (AvgIpc) is 2.88. The molecule has 2 aromatic rings. The number of aromatic nitrogens is 2. The molecule has 0 aliphatic carbocycles. The summed E-state index contributed by atoms with van der Waals surface area (Å²) in [6.45, 7) is 2.56. The third kappa shape index (κ3) is 2.50. The molecular weight excluding hydrogens is 206 g/mol. The van der Waals surface area contributed by atoms with Gasteiger partial charge in [0.1, 0.15) is 0 Å². The highest BCUT2D eigenvalue weighted by atomic mass is 16.3. The SMILES string of the molecule is CC(Cn1cccn1)NC(=O)c1ccco1. The summed E-state index contributed by atoms with van der Waals surface area (Å²) in [6.07, 6.45) is 5.05. The Morgan fingerprint density at radius 3 is 3.12 bits per heavy atom. The van der Waals surface area contributed by atoms with Crippen molar-refractivity contribution in [3.63, 3.8) is 0 Å². The highest BCUT2D eigenvalue weighted by Crippen LogP contribution is 2.00. The van der Waals surface area contributed by atoms with Gasteiger partial charge in [-0.1, -0.05) is 0 Å². The summed E-state index contributed by atoms with van der Waals surface area (Å²) < 4.78 is 6.77. The molecule has 2 rings (SSSR count). The van der Waals surface area contributed by atoms with Crippen molar-refractivity contribution in [1.82, 2.24) is 15.1 Å². The highest BCUT2D eigenvalue weighted by Gasteiger charge is 2.12. The smallest absolute Gasteiger partial charge is 0.287 e. The van der Waals surface area contributed by atoms with Gasteiger partial charge in [0.05, 0.1) is 12.8 Å². The molecule has 2 aromatic heterocycles. The second-order valence-electron chi connectivity index (χ2n) is 3.58. The summed E-state index contributed by atoms with van der Waals surface area (Å²) in [5.74, 6) is 0.122. The largest absolute Gasteiger partial charge is 0.459 e. The zero-order valence-corrected chi connectivity index (χ0v) is 8.96. The van der Waals surface area contributed by atoms with E-state index in [1.165, 1.54) is 6.26 Å². The van der Waals surface area contributed by atoms with E-state index in [1.807, 2.05) is 19.2 Å². The molecule has 84 valence electrons. The Labute approximate surface area is 93.1 Å². The third-order valence-corrected chi connectivity index (χ3v) is 2.14. The molecule has 0 aliphatic heterocycles. The van der Waals surface area contributed by atoms with Crippen LogP contribution >= 0.6 is 0 Å². The van der Waals surface area contributed by atoms with Gasteiger partial charge in [0.25, 0.3) is 5.91 Å². The monoisotopic (exact) mass is 219 g/mol. The van der Waals surface area contributed by atoms with E-state index < -0.39 is 0 Å². The third-order valence-electron chi connectivity index (χ3n) is 2.14. The van der Waals surface area contributed by atoms with Gasteiger partial charge in [0.2, 0.25) is 0 Å². The molecule has 0 spiro atoms. The maximum absolute atomic E-state index is 11.6. The lowest BCUT2D eigenvalue weighted by Crippen LogP contribution is -2.35. The Bertz CT molecular complexity index is 434. The normalized spacial score (nSPS) is 12.3. The van der Waals surface area contributed by atoms with Gasteiger partial charge in [0.15, 0.2) is 5.76 Å². The summed E-state index contributed by atoms with van der Waals surface area (Å²) >= 11 is 0. The standard InChI is InChI=1S/C11H13N3O2/c1-9(8-14-6-3-5-12-14)13-11(15)10-4-2-7-16-10/h2-7,9H,8H2,1H3,(H,13,15). The number of hydrogen-bond donors (Lipinski definition) is 1. The van der Waals surface area contributed by atoms with Crippen LogP contribution in [0.5, 0.6) is 0 Å². The molecule has 0 radical (unpaired) electrons. The molecule has 1 N–H and O–H groups in total. The number of carbonyl (C=O) groups excluding carboxylic acids is 1. The second-order valence-corrected chi connectivity index (χ2v) is 3.58. The van der Waals surface area contributed by atoms with Crippen molar-refractivity contribution < 1.29 is 9.21 Å². The summed E-state index contributed by atoms with van der Waals surface area (Å²) in [6, 6.07) is 5.17. The number of furan rings is 1. The van der Waals surface area contributed by atoms with Gasteiger partial charge in [0, 0.05) is 18.4 Å². The van der Waals surface area contributed by atoms with E-state index >= 15 is 0 Å². The van der Waals surface area contributed by atoms with Crippen molar-refractivity contribution in [2.24, 2.45) is 0 Å². The Kier molecular flexibility index (Phi) is 3.05. The maximum atomic E-state index is 11.6. The summed E-state index contributed by atoms with van der Waals surface area (Å²) in [5, 5.41) is 6.90. The minimum absolute atomic E-state index is 0.00231. The quantitative estimate of drug-likeness (QED) is 0.843. The topological polar surface area (TPSA) is 60.1 Å². The van der Waals surface area contributed by atoms with Gasteiger partial charge in [-0.2, -0.15) is 5.10 Å². The van der Waals surface area contributed by atoms with Gasteiger partial charge in [-0.25, -0.2) is 0 Å². The minimum atomic E-state index is -0.204. The molecule has 0 saturated heterocycles. The van der Waals surface area contributed by atoms with E-state index in [-0.39, 0.29) is 11.9 Å². The molecule has 0 bridgehead atoms. The molecule has 0 fully saturated rings. The number of nitrogens with one attached hydrogen (secondary N) is 1. The van der Waals surface area contributed by atoms with Crippen LogP contribution < -0.4 is 5.32 Å². The predicted molar refractivity (Wildman–Crippen MR) is 57.9 cm³/mol. The predicted octanol–water partition coefficient (Wildman–Crippen LogP) is 1.29. The zero-order valence-electron chi connectivity index (χ0n) is 8.96. The van der Waals surface area contributed by atoms with Gasteiger partial charge >= 0.3 is 0 Å². The van der Waals surface area contributed by atoms with E-state index in [0.717, 1.165) is 0 Å². The van der Waals surface area contributed by atoms with Crippen LogP contribution in [0, 0.1) is 0 Å². The fourth-order valence-electron chi connectivity index (χ4n) is 1.44. The number of nitrogens with zero attached hydrogens (tertiary/aromatic N) is 2. The average molecular weight is 219 g/mol. The van der Waals surface area contributed by atoms with Crippen molar-refractivity contribution in [3.05, 3.63) is 42.6 Å². The molecule has 0 saturated carbocycles. The minimum Gasteiger partial charge on any atom is -0.459 e. The maximum Gasteiger partial charge on any atom is 0.287 e. The molecule has 0 aromatic carbocycles. The fourth-order valence-corrected chi connectivity index (χ4v) is 1.44. The van der Waals surface area contributed by atoms with E-state index in [2.05, 4.69) is 10.4 Å². The number of amides is 1. The lowest BCUT2D eigenvalue weighted by Gasteiger charge is -2.12. The van der Waals surface area contributed by atoms with Crippen LogP contribution in [0.15, 0.2) is 41.3 Å². The molecule has 5 heteroatoms. The molecule has 5 nitrogen and oxygen atoms in total. The van der Waals surface area contributed by atoms with Gasteiger partial charge in [-0.3, -0.25) is 9.48 Å². The van der Waals surface area contributed by atoms with Crippen molar-refractivity contribution in [1.29, 1.82) is 0 Å². The first kappa shape index (κ1) is 10.5. The number of carbonyl (C=O) groups is 1. The van der Waals surface area contributed by atoms with Crippen LogP contribution in [0.1, 0.15) is 17.5 Å². The molecule has 2 heterocycles. The van der Waals surface area contributed by atoms with E-state index in [1.54, 1.807) is 23.0 Å². The van der Waals surface area contributed by atoms with Crippen LogP contribution in [-0.2, 0) is 6.54 Å². The van der Waals surface area contributed by atoms with Gasteiger partial charge < -0.3 is 9.73 Å². The molecule has 0 aliphatic rings. The van der Waals surface area contributed by atoms with E-state index in [0.29, 0.717) is 12.3 Å². The molecule has 1 amide bonds. The van der Waals surface area contributed by atoms with Crippen molar-refractivity contribution in [3.8, 4) is 0 Å². The molecule has 1 unspecified atom stereocenters. The Balaban J connectivity index is 1.88. The summed E-state index contributed by atoms with van der Waals surface area (Å²) in [7, 11) is 0. The van der Waals surface area contributed by atoms with Gasteiger partial charge in [-0.15, -0.1) is 0 Å². The first-order chi connectivity index (χ1) is 7.75. The fraction of sp³-hybridized carbons (Fsp3) is 0.273. The first-order valence-electron chi connectivity index (χ1n) is 5.07. The van der Waals surface area contributed by atoms with Crippen LogP contribution in [0.25, 0.3) is 0 Å². The van der Waals surface area contributed by atoms with Crippen LogP contribution in [0.2, 0.25) is 0 Å². The first-order valence-corrected chi connectivity index (χ1v) is 5.07.